The molecule has 0 saturated carbocycles. The molecule has 4 nitrogen and oxygen atoms in total. The summed E-state index contributed by atoms with van der Waals surface area (Å²) in [6.07, 6.45) is 0. The molecule has 2 rings (SSSR count). The topological polar surface area (TPSA) is 72.2 Å². The van der Waals surface area contributed by atoms with Gasteiger partial charge in [-0.05, 0) is 36.2 Å². The first-order valence-corrected chi connectivity index (χ1v) is 7.49. The fourth-order valence-electron chi connectivity index (χ4n) is 1.84. The zero-order chi connectivity index (χ0) is 14.8. The Morgan fingerprint density at radius 3 is 2.55 bits per heavy atom. The number of hydrogen-bond acceptors (Lipinski definition) is 3. The molecule has 0 amide bonds. The number of anilines is 1. The van der Waals surface area contributed by atoms with Crippen molar-refractivity contribution in [2.45, 2.75) is 18.4 Å². The first-order valence-electron chi connectivity index (χ1n) is 6.01. The van der Waals surface area contributed by atoms with Crippen molar-refractivity contribution in [3.63, 3.8) is 0 Å². The highest BCUT2D eigenvalue weighted by Gasteiger charge is 2.19. The van der Waals surface area contributed by atoms with Crippen molar-refractivity contribution in [3.05, 3.63) is 59.4 Å². The van der Waals surface area contributed by atoms with Gasteiger partial charge in [0, 0.05) is 6.54 Å². The molecular weight excluding hydrogens is 279 g/mol. The Bertz CT molecular complexity index is 730. The van der Waals surface area contributed by atoms with E-state index in [1.165, 1.54) is 18.2 Å². The van der Waals surface area contributed by atoms with Gasteiger partial charge in [-0.3, -0.25) is 4.72 Å². The van der Waals surface area contributed by atoms with E-state index >= 15 is 0 Å². The Hall–Kier alpha value is -1.92. The standard InChI is InChI=1S/C14H15FN2O2S/c1-10-6-7-13(12(15)8-10)17-20(18,19)14-5-3-2-4-11(14)9-16/h2-8,17H,9,16H2,1H3. The zero-order valence-electron chi connectivity index (χ0n) is 10.9. The van der Waals surface area contributed by atoms with Crippen molar-refractivity contribution < 1.29 is 12.8 Å². The first-order chi connectivity index (χ1) is 9.44. The van der Waals surface area contributed by atoms with Gasteiger partial charge in [0.15, 0.2) is 0 Å². The molecule has 20 heavy (non-hydrogen) atoms. The number of halogens is 1. The Kier molecular flexibility index (Phi) is 4.06. The summed E-state index contributed by atoms with van der Waals surface area (Å²) in [6.45, 7) is 1.82. The van der Waals surface area contributed by atoms with Gasteiger partial charge in [-0.25, -0.2) is 12.8 Å². The average Bonchev–Trinajstić information content (AvgIpc) is 2.42. The van der Waals surface area contributed by atoms with Crippen molar-refractivity contribution in [2.75, 3.05) is 4.72 Å². The van der Waals surface area contributed by atoms with E-state index in [1.54, 1.807) is 31.2 Å². The second kappa shape index (κ2) is 5.60. The van der Waals surface area contributed by atoms with Crippen LogP contribution in [0.4, 0.5) is 10.1 Å². The van der Waals surface area contributed by atoms with Crippen LogP contribution >= 0.6 is 0 Å². The monoisotopic (exact) mass is 294 g/mol. The molecule has 6 heteroatoms. The summed E-state index contributed by atoms with van der Waals surface area (Å²) < 4.78 is 40.5. The molecule has 0 unspecified atom stereocenters. The van der Waals surface area contributed by atoms with Gasteiger partial charge in [0.05, 0.1) is 10.6 Å². The number of hydrogen-bond donors (Lipinski definition) is 2. The molecule has 0 aliphatic carbocycles. The fraction of sp³-hybridized carbons (Fsp3) is 0.143. The maximum atomic E-state index is 13.7. The van der Waals surface area contributed by atoms with Gasteiger partial charge < -0.3 is 5.73 Å². The molecule has 0 radical (unpaired) electrons. The molecule has 0 aromatic heterocycles. The molecule has 0 aliphatic heterocycles. The summed E-state index contributed by atoms with van der Waals surface area (Å²) in [6, 6.07) is 10.7. The molecule has 0 aliphatic rings. The van der Waals surface area contributed by atoms with Crippen molar-refractivity contribution in [2.24, 2.45) is 5.73 Å². The minimum absolute atomic E-state index is 0.0578. The van der Waals surface area contributed by atoms with Gasteiger partial charge >= 0.3 is 0 Å². The van der Waals surface area contributed by atoms with Crippen molar-refractivity contribution in [1.82, 2.24) is 0 Å². The Labute approximate surface area is 117 Å². The second-order valence-electron chi connectivity index (χ2n) is 4.40. The number of nitrogens with two attached hydrogens (primary N) is 1. The van der Waals surface area contributed by atoms with Crippen LogP contribution in [-0.2, 0) is 16.6 Å². The minimum Gasteiger partial charge on any atom is -0.326 e. The minimum atomic E-state index is -3.86. The third-order valence-electron chi connectivity index (χ3n) is 2.85. The normalized spacial score (nSPS) is 11.3. The number of sulfonamides is 1. The van der Waals surface area contributed by atoms with Crippen LogP contribution in [0.5, 0.6) is 0 Å². The highest BCUT2D eigenvalue weighted by Crippen LogP contribution is 2.22. The quantitative estimate of drug-likeness (QED) is 0.909. The number of benzene rings is 2. The Morgan fingerprint density at radius 2 is 1.90 bits per heavy atom. The van der Waals surface area contributed by atoms with E-state index in [-0.39, 0.29) is 17.1 Å². The van der Waals surface area contributed by atoms with E-state index in [1.807, 2.05) is 0 Å². The predicted molar refractivity (Wildman–Crippen MR) is 76.3 cm³/mol. The summed E-state index contributed by atoms with van der Waals surface area (Å²) in [5.74, 6) is -0.612. The van der Waals surface area contributed by atoms with E-state index < -0.39 is 15.8 Å². The summed E-state index contributed by atoms with van der Waals surface area (Å²) in [5, 5.41) is 0. The van der Waals surface area contributed by atoms with Crippen LogP contribution in [0.3, 0.4) is 0 Å². The van der Waals surface area contributed by atoms with Crippen LogP contribution in [0.1, 0.15) is 11.1 Å². The van der Waals surface area contributed by atoms with E-state index in [0.717, 1.165) is 0 Å². The number of nitrogens with one attached hydrogen (secondary N) is 1. The third-order valence-corrected chi connectivity index (χ3v) is 4.32. The van der Waals surface area contributed by atoms with Gasteiger partial charge in [0.25, 0.3) is 10.0 Å². The summed E-state index contributed by atoms with van der Waals surface area (Å²) >= 11 is 0. The molecule has 3 N–H and O–H groups in total. The van der Waals surface area contributed by atoms with Crippen LogP contribution in [0, 0.1) is 12.7 Å². The van der Waals surface area contributed by atoms with E-state index in [2.05, 4.69) is 4.72 Å². The van der Waals surface area contributed by atoms with Gasteiger partial charge in [-0.2, -0.15) is 0 Å². The number of rotatable bonds is 4. The largest absolute Gasteiger partial charge is 0.326 e. The highest BCUT2D eigenvalue weighted by atomic mass is 32.2. The lowest BCUT2D eigenvalue weighted by Gasteiger charge is -2.12. The van der Waals surface area contributed by atoms with E-state index in [9.17, 15) is 12.8 Å². The molecule has 0 spiro atoms. The van der Waals surface area contributed by atoms with E-state index in [0.29, 0.717) is 11.1 Å². The van der Waals surface area contributed by atoms with Gasteiger partial charge in [-0.15, -0.1) is 0 Å². The molecule has 2 aromatic rings. The molecule has 0 saturated heterocycles. The molecular formula is C14H15FN2O2S. The van der Waals surface area contributed by atoms with Crippen LogP contribution in [0.15, 0.2) is 47.4 Å². The zero-order valence-corrected chi connectivity index (χ0v) is 11.7. The lowest BCUT2D eigenvalue weighted by molar-refractivity contribution is 0.597. The summed E-state index contributed by atoms with van der Waals surface area (Å²) in [4.78, 5) is 0.0578. The van der Waals surface area contributed by atoms with Crippen molar-refractivity contribution >= 4 is 15.7 Å². The first kappa shape index (κ1) is 14.5. The van der Waals surface area contributed by atoms with E-state index in [4.69, 9.17) is 5.73 Å². The SMILES string of the molecule is Cc1ccc(NS(=O)(=O)c2ccccc2CN)c(F)c1. The predicted octanol–water partition coefficient (Wildman–Crippen LogP) is 2.39. The van der Waals surface area contributed by atoms with Crippen LogP contribution in [0.25, 0.3) is 0 Å². The lowest BCUT2D eigenvalue weighted by Crippen LogP contribution is -2.17. The molecule has 0 fully saturated rings. The summed E-state index contributed by atoms with van der Waals surface area (Å²) in [5.41, 5.74) is 6.64. The average molecular weight is 294 g/mol. The van der Waals surface area contributed by atoms with Crippen LogP contribution in [0.2, 0.25) is 0 Å². The fourth-order valence-corrected chi connectivity index (χ4v) is 3.16. The lowest BCUT2D eigenvalue weighted by atomic mass is 10.2. The molecule has 0 atom stereocenters. The second-order valence-corrected chi connectivity index (χ2v) is 6.05. The molecule has 106 valence electrons. The van der Waals surface area contributed by atoms with Gasteiger partial charge in [0.2, 0.25) is 0 Å². The maximum absolute atomic E-state index is 13.7. The molecule has 2 aromatic carbocycles. The molecule has 0 heterocycles. The summed E-state index contributed by atoms with van der Waals surface area (Å²) in [7, 11) is -3.86. The highest BCUT2D eigenvalue weighted by molar-refractivity contribution is 7.92. The Balaban J connectivity index is 2.41. The molecule has 0 bridgehead atoms. The van der Waals surface area contributed by atoms with Crippen molar-refractivity contribution in [3.8, 4) is 0 Å². The van der Waals surface area contributed by atoms with Crippen molar-refractivity contribution in [1.29, 1.82) is 0 Å². The van der Waals surface area contributed by atoms with Crippen LogP contribution in [-0.4, -0.2) is 8.42 Å². The third kappa shape index (κ3) is 2.97. The van der Waals surface area contributed by atoms with Gasteiger partial charge in [0.1, 0.15) is 5.82 Å². The smallest absolute Gasteiger partial charge is 0.262 e. The Morgan fingerprint density at radius 1 is 1.20 bits per heavy atom. The van der Waals surface area contributed by atoms with Crippen LogP contribution < -0.4 is 10.5 Å². The van der Waals surface area contributed by atoms with Gasteiger partial charge in [-0.1, -0.05) is 24.3 Å². The maximum Gasteiger partial charge on any atom is 0.262 e. The number of aryl methyl sites for hydroxylation is 1.